The van der Waals surface area contributed by atoms with E-state index in [0.29, 0.717) is 30.2 Å². The lowest BCUT2D eigenvalue weighted by Crippen LogP contribution is -2.40. The van der Waals surface area contributed by atoms with Crippen molar-refractivity contribution in [3.63, 3.8) is 0 Å². The molecule has 1 saturated carbocycles. The van der Waals surface area contributed by atoms with Crippen LogP contribution in [0, 0.1) is 5.92 Å². The number of carbonyl (C=O) groups is 3. The number of hydrogen-bond acceptors (Lipinski definition) is 5. The highest BCUT2D eigenvalue weighted by Gasteiger charge is 2.36. The maximum atomic E-state index is 13.2. The van der Waals surface area contributed by atoms with Crippen LogP contribution in [0.25, 0.3) is 0 Å². The third-order valence-corrected chi connectivity index (χ3v) is 6.83. The van der Waals surface area contributed by atoms with Crippen LogP contribution in [0.5, 0.6) is 0 Å². The van der Waals surface area contributed by atoms with Crippen LogP contribution in [0.3, 0.4) is 0 Å². The lowest BCUT2D eigenvalue weighted by molar-refractivity contribution is -0.118. The highest BCUT2D eigenvalue weighted by molar-refractivity contribution is 8.15. The molecule has 6 heteroatoms. The number of thioether (sulfide) groups is 1. The summed E-state index contributed by atoms with van der Waals surface area (Å²) in [4.78, 5) is 37.6. The Morgan fingerprint density at radius 1 is 1.03 bits per heavy atom. The van der Waals surface area contributed by atoms with Gasteiger partial charge in [0.15, 0.2) is 5.12 Å². The van der Waals surface area contributed by atoms with Gasteiger partial charge < -0.3 is 10.1 Å². The third kappa shape index (κ3) is 6.95. The van der Waals surface area contributed by atoms with E-state index < -0.39 is 4.75 Å². The van der Waals surface area contributed by atoms with E-state index in [1.807, 2.05) is 30.3 Å². The predicted molar refractivity (Wildman–Crippen MR) is 129 cm³/mol. The number of rotatable bonds is 8. The molecule has 3 rings (SSSR count). The molecule has 5 nitrogen and oxygen atoms in total. The molecular weight excluding hydrogens is 422 g/mol. The molecular formula is C26H31NO4S. The molecule has 2 aromatic carbocycles. The summed E-state index contributed by atoms with van der Waals surface area (Å²) in [7, 11) is 0. The summed E-state index contributed by atoms with van der Waals surface area (Å²) in [6.07, 6.45) is 6.28. The standard InChI is InChI=1S/C26H31NO4S/c1-19(28)32-26(2,17-20-10-5-3-6-11-20)25(30)27-23-15-9-14-22(16-23)24(29)31-18-21-12-7-4-8-13-21/h3,5-6,9-11,14-16,21H,4,7-8,12-13,17-18H2,1-2H3,(H,27,30). The number of amides is 1. The Bertz CT molecular complexity index is 940. The number of anilines is 1. The molecule has 1 aliphatic rings. The fourth-order valence-corrected chi connectivity index (χ4v) is 5.10. The van der Waals surface area contributed by atoms with Crippen molar-refractivity contribution in [3.8, 4) is 0 Å². The first kappa shape index (κ1) is 24.1. The van der Waals surface area contributed by atoms with E-state index in [0.717, 1.165) is 30.2 Å². The first-order valence-electron chi connectivity index (χ1n) is 11.2. The number of ether oxygens (including phenoxy) is 1. The molecule has 1 fully saturated rings. The highest BCUT2D eigenvalue weighted by atomic mass is 32.2. The largest absolute Gasteiger partial charge is 0.462 e. The van der Waals surface area contributed by atoms with Gasteiger partial charge in [0.05, 0.1) is 12.2 Å². The van der Waals surface area contributed by atoms with Crippen LogP contribution in [-0.2, 0) is 20.7 Å². The quantitative estimate of drug-likeness (QED) is 0.524. The smallest absolute Gasteiger partial charge is 0.338 e. The summed E-state index contributed by atoms with van der Waals surface area (Å²) in [5.74, 6) is -0.219. The van der Waals surface area contributed by atoms with Gasteiger partial charge in [0.2, 0.25) is 5.91 Å². The fraction of sp³-hybridized carbons (Fsp3) is 0.423. The van der Waals surface area contributed by atoms with Crippen LogP contribution in [0.15, 0.2) is 54.6 Å². The van der Waals surface area contributed by atoms with Crippen molar-refractivity contribution in [2.75, 3.05) is 11.9 Å². The van der Waals surface area contributed by atoms with Crippen molar-refractivity contribution < 1.29 is 19.1 Å². The molecule has 0 aliphatic heterocycles. The molecule has 1 atom stereocenters. The van der Waals surface area contributed by atoms with Crippen LogP contribution in [0.1, 0.15) is 61.9 Å². The zero-order valence-electron chi connectivity index (χ0n) is 18.8. The normalized spacial score (nSPS) is 16.1. The van der Waals surface area contributed by atoms with E-state index >= 15 is 0 Å². The monoisotopic (exact) mass is 453 g/mol. The first-order chi connectivity index (χ1) is 15.4. The average Bonchev–Trinajstić information content (AvgIpc) is 2.78. The van der Waals surface area contributed by atoms with E-state index in [4.69, 9.17) is 4.74 Å². The van der Waals surface area contributed by atoms with Crippen LogP contribution >= 0.6 is 11.8 Å². The summed E-state index contributed by atoms with van der Waals surface area (Å²) in [6.45, 7) is 3.67. The first-order valence-corrected chi connectivity index (χ1v) is 12.0. The summed E-state index contributed by atoms with van der Waals surface area (Å²) in [5.41, 5.74) is 1.88. The van der Waals surface area contributed by atoms with Gasteiger partial charge in [0.1, 0.15) is 4.75 Å². The van der Waals surface area contributed by atoms with E-state index in [9.17, 15) is 14.4 Å². The highest BCUT2D eigenvalue weighted by Crippen LogP contribution is 2.32. The van der Waals surface area contributed by atoms with E-state index in [1.165, 1.54) is 26.2 Å². The molecule has 1 unspecified atom stereocenters. The molecule has 1 N–H and O–H groups in total. The van der Waals surface area contributed by atoms with Crippen molar-refractivity contribution in [2.45, 2.75) is 57.1 Å². The second-order valence-corrected chi connectivity index (χ2v) is 10.3. The van der Waals surface area contributed by atoms with Gasteiger partial charge >= 0.3 is 5.97 Å². The van der Waals surface area contributed by atoms with Crippen molar-refractivity contribution >= 4 is 34.4 Å². The van der Waals surface area contributed by atoms with Gasteiger partial charge in [-0.05, 0) is 55.9 Å². The molecule has 0 bridgehead atoms. The Morgan fingerprint density at radius 2 is 1.75 bits per heavy atom. The fourth-order valence-electron chi connectivity index (χ4n) is 4.08. The molecule has 0 heterocycles. The summed E-state index contributed by atoms with van der Waals surface area (Å²) < 4.78 is 4.54. The molecule has 0 aromatic heterocycles. The second kappa shape index (κ2) is 11.3. The number of carbonyl (C=O) groups excluding carboxylic acids is 3. The third-order valence-electron chi connectivity index (χ3n) is 5.76. The van der Waals surface area contributed by atoms with Gasteiger partial charge in [-0.15, -0.1) is 0 Å². The zero-order chi connectivity index (χ0) is 23.0. The molecule has 0 saturated heterocycles. The van der Waals surface area contributed by atoms with Crippen LogP contribution < -0.4 is 5.32 Å². The number of esters is 1. The molecule has 1 amide bonds. The van der Waals surface area contributed by atoms with E-state index in [-0.39, 0.29) is 17.0 Å². The Hall–Kier alpha value is -2.60. The number of nitrogens with one attached hydrogen (secondary N) is 1. The minimum absolute atomic E-state index is 0.126. The lowest BCUT2D eigenvalue weighted by Gasteiger charge is -2.27. The summed E-state index contributed by atoms with van der Waals surface area (Å²) in [5, 5.41) is 2.76. The second-order valence-electron chi connectivity index (χ2n) is 8.62. The molecule has 0 spiro atoms. The van der Waals surface area contributed by atoms with Crippen LogP contribution in [0.4, 0.5) is 5.69 Å². The lowest BCUT2D eigenvalue weighted by atomic mass is 9.90. The SMILES string of the molecule is CC(=O)SC(C)(Cc1ccccc1)C(=O)Nc1cccc(C(=O)OCC2CCCCC2)c1. The summed E-state index contributed by atoms with van der Waals surface area (Å²) >= 11 is 1.02. The van der Waals surface area contributed by atoms with Crippen molar-refractivity contribution in [1.29, 1.82) is 0 Å². The number of hydrogen-bond donors (Lipinski definition) is 1. The van der Waals surface area contributed by atoms with Crippen molar-refractivity contribution in [1.82, 2.24) is 0 Å². The van der Waals surface area contributed by atoms with E-state index in [2.05, 4.69) is 5.32 Å². The zero-order valence-corrected chi connectivity index (χ0v) is 19.6. The Labute approximate surface area is 194 Å². The maximum absolute atomic E-state index is 13.2. The van der Waals surface area contributed by atoms with Crippen molar-refractivity contribution in [2.24, 2.45) is 5.92 Å². The Balaban J connectivity index is 1.67. The van der Waals surface area contributed by atoms with Gasteiger partial charge in [0, 0.05) is 12.6 Å². The van der Waals surface area contributed by atoms with Crippen LogP contribution in [0.2, 0.25) is 0 Å². The minimum Gasteiger partial charge on any atom is -0.462 e. The molecule has 1 aliphatic carbocycles. The van der Waals surface area contributed by atoms with Gasteiger partial charge in [0.25, 0.3) is 0 Å². The minimum atomic E-state index is -0.981. The Kier molecular flexibility index (Phi) is 8.51. The maximum Gasteiger partial charge on any atom is 0.338 e. The van der Waals surface area contributed by atoms with Gasteiger partial charge in [-0.2, -0.15) is 0 Å². The molecule has 32 heavy (non-hydrogen) atoms. The van der Waals surface area contributed by atoms with E-state index in [1.54, 1.807) is 31.2 Å². The molecule has 170 valence electrons. The molecule has 0 radical (unpaired) electrons. The Morgan fingerprint density at radius 3 is 2.44 bits per heavy atom. The van der Waals surface area contributed by atoms with Gasteiger partial charge in [-0.3, -0.25) is 9.59 Å². The molecule has 2 aromatic rings. The van der Waals surface area contributed by atoms with Gasteiger partial charge in [-0.1, -0.05) is 67.4 Å². The predicted octanol–water partition coefficient (Wildman–Crippen LogP) is 5.64. The van der Waals surface area contributed by atoms with Crippen LogP contribution in [-0.4, -0.2) is 28.3 Å². The number of benzene rings is 2. The average molecular weight is 454 g/mol. The summed E-state index contributed by atoms with van der Waals surface area (Å²) in [6, 6.07) is 16.4. The van der Waals surface area contributed by atoms with Gasteiger partial charge in [-0.25, -0.2) is 4.79 Å². The van der Waals surface area contributed by atoms with Crippen molar-refractivity contribution in [3.05, 3.63) is 65.7 Å². The topological polar surface area (TPSA) is 72.5 Å².